The van der Waals surface area contributed by atoms with Crippen LogP contribution in [-0.4, -0.2) is 32.8 Å². The minimum atomic E-state index is -0.692. The van der Waals surface area contributed by atoms with E-state index in [1.807, 2.05) is 0 Å². The van der Waals surface area contributed by atoms with Crippen LogP contribution in [0.1, 0.15) is 5.56 Å². The Balaban J connectivity index is 1.73. The van der Waals surface area contributed by atoms with Crippen molar-refractivity contribution in [2.75, 3.05) is 17.9 Å². The van der Waals surface area contributed by atoms with Gasteiger partial charge in [-0.25, -0.2) is 9.97 Å². The molecule has 0 bridgehead atoms. The number of aromatic nitrogens is 2. The number of amides is 1. The molecule has 1 amide bonds. The molecule has 32 heavy (non-hydrogen) atoms. The Labute approximate surface area is 180 Å². The van der Waals surface area contributed by atoms with Crippen molar-refractivity contribution in [3.05, 3.63) is 80.7 Å². The van der Waals surface area contributed by atoms with Crippen molar-refractivity contribution < 1.29 is 19.4 Å². The van der Waals surface area contributed by atoms with Crippen LogP contribution < -0.4 is 20.9 Å². The van der Waals surface area contributed by atoms with E-state index in [1.54, 1.807) is 24.3 Å². The summed E-state index contributed by atoms with van der Waals surface area (Å²) in [7, 11) is 1.46. The van der Waals surface area contributed by atoms with Crippen molar-refractivity contribution >= 4 is 34.6 Å². The third-order valence-electron chi connectivity index (χ3n) is 4.20. The van der Waals surface area contributed by atoms with E-state index in [4.69, 9.17) is 4.74 Å². The van der Waals surface area contributed by atoms with Crippen LogP contribution >= 0.6 is 0 Å². The second-order valence-corrected chi connectivity index (χ2v) is 6.28. The Morgan fingerprint density at radius 3 is 2.34 bits per heavy atom. The van der Waals surface area contributed by atoms with Gasteiger partial charge in [-0.05, 0) is 17.7 Å². The normalized spacial score (nSPS) is 10.2. The molecule has 0 unspecified atom stereocenters. The first kappa shape index (κ1) is 21.9. The standard InChI is InChI=1S/C19H17N7O6/c1-32-15-5-3-2-4-14(15)22-18-17(26(30)31)19(21-11-20-18)24-23-16(27)10-12-6-8-13(9-7-12)25(28)29/h2-9,11H,10H2,1H3,(H,23,27)(H2,20,21,22,24). The number of hydrazine groups is 1. The molecule has 3 N–H and O–H groups in total. The average molecular weight is 439 g/mol. The Bertz CT molecular complexity index is 1150. The lowest BCUT2D eigenvalue weighted by molar-refractivity contribution is -0.384. The number of methoxy groups -OCH3 is 1. The van der Waals surface area contributed by atoms with E-state index in [9.17, 15) is 25.0 Å². The summed E-state index contributed by atoms with van der Waals surface area (Å²) in [6.45, 7) is 0. The predicted octanol–water partition coefficient (Wildman–Crippen LogP) is 2.73. The summed E-state index contributed by atoms with van der Waals surface area (Å²) < 4.78 is 5.22. The summed E-state index contributed by atoms with van der Waals surface area (Å²) in [5.41, 5.74) is 5.13. The van der Waals surface area contributed by atoms with Gasteiger partial charge in [0.25, 0.3) is 5.69 Å². The monoisotopic (exact) mass is 439 g/mol. The van der Waals surface area contributed by atoms with Gasteiger partial charge in [0.2, 0.25) is 17.5 Å². The van der Waals surface area contributed by atoms with E-state index in [1.165, 1.54) is 31.4 Å². The van der Waals surface area contributed by atoms with Gasteiger partial charge >= 0.3 is 5.69 Å². The van der Waals surface area contributed by atoms with E-state index >= 15 is 0 Å². The Hall–Kier alpha value is -4.81. The molecule has 164 valence electrons. The fourth-order valence-corrected chi connectivity index (χ4v) is 2.70. The van der Waals surface area contributed by atoms with E-state index in [-0.39, 0.29) is 23.7 Å². The van der Waals surface area contributed by atoms with Gasteiger partial charge in [0.05, 0.1) is 29.1 Å². The van der Waals surface area contributed by atoms with Crippen molar-refractivity contribution in [3.8, 4) is 5.75 Å². The molecule has 0 aliphatic rings. The first-order chi connectivity index (χ1) is 15.4. The van der Waals surface area contributed by atoms with Crippen LogP contribution in [0.4, 0.5) is 28.7 Å². The first-order valence-electron chi connectivity index (χ1n) is 9.06. The smallest absolute Gasteiger partial charge is 0.355 e. The highest BCUT2D eigenvalue weighted by Gasteiger charge is 2.24. The van der Waals surface area contributed by atoms with Crippen molar-refractivity contribution in [3.63, 3.8) is 0 Å². The molecule has 13 heteroatoms. The van der Waals surface area contributed by atoms with E-state index in [2.05, 4.69) is 26.1 Å². The van der Waals surface area contributed by atoms with Crippen molar-refractivity contribution in [2.45, 2.75) is 6.42 Å². The zero-order valence-electron chi connectivity index (χ0n) is 16.6. The molecule has 3 aromatic rings. The lowest BCUT2D eigenvalue weighted by Gasteiger charge is -2.12. The Kier molecular flexibility index (Phi) is 6.70. The van der Waals surface area contributed by atoms with Gasteiger partial charge in [-0.15, -0.1) is 0 Å². The largest absolute Gasteiger partial charge is 0.495 e. The number of non-ortho nitro benzene ring substituents is 1. The highest BCUT2D eigenvalue weighted by atomic mass is 16.6. The number of carbonyl (C=O) groups is 1. The van der Waals surface area contributed by atoms with Crippen LogP contribution in [0.2, 0.25) is 0 Å². The maximum absolute atomic E-state index is 12.2. The second-order valence-electron chi connectivity index (χ2n) is 6.28. The molecule has 3 rings (SSSR count). The fraction of sp³-hybridized carbons (Fsp3) is 0.105. The SMILES string of the molecule is COc1ccccc1Nc1ncnc(NNC(=O)Cc2ccc([N+](=O)[O-])cc2)c1[N+](=O)[O-]. The minimum absolute atomic E-state index is 0.0982. The summed E-state index contributed by atoms with van der Waals surface area (Å²) in [6, 6.07) is 12.2. The van der Waals surface area contributed by atoms with Crippen LogP contribution in [0.15, 0.2) is 54.9 Å². The maximum atomic E-state index is 12.2. The number of rotatable bonds is 9. The van der Waals surface area contributed by atoms with E-state index in [0.29, 0.717) is 17.0 Å². The first-order valence-corrected chi connectivity index (χ1v) is 9.06. The topological polar surface area (TPSA) is 174 Å². The number of hydrogen-bond donors (Lipinski definition) is 3. The summed E-state index contributed by atoms with van der Waals surface area (Å²) in [5.74, 6) is -0.432. The number of hydrogen-bond acceptors (Lipinski definition) is 10. The summed E-state index contributed by atoms with van der Waals surface area (Å²) in [6.07, 6.45) is 0.978. The number of benzene rings is 2. The number of nitrogens with zero attached hydrogens (tertiary/aromatic N) is 4. The van der Waals surface area contributed by atoms with Crippen molar-refractivity contribution in [1.82, 2.24) is 15.4 Å². The zero-order chi connectivity index (χ0) is 23.1. The number of nitro groups is 2. The van der Waals surface area contributed by atoms with Gasteiger partial charge in [-0.2, -0.15) is 0 Å². The molecule has 0 radical (unpaired) electrons. The van der Waals surface area contributed by atoms with Gasteiger partial charge in [-0.1, -0.05) is 24.3 Å². The molecule has 0 aliphatic heterocycles. The van der Waals surface area contributed by atoms with Gasteiger partial charge < -0.3 is 10.1 Å². The highest BCUT2D eigenvalue weighted by molar-refractivity contribution is 5.81. The molecular weight excluding hydrogens is 422 g/mol. The Morgan fingerprint density at radius 2 is 1.69 bits per heavy atom. The fourth-order valence-electron chi connectivity index (χ4n) is 2.70. The van der Waals surface area contributed by atoms with E-state index in [0.717, 1.165) is 6.33 Å². The number of ether oxygens (including phenoxy) is 1. The van der Waals surface area contributed by atoms with Gasteiger partial charge in [0.15, 0.2) is 0 Å². The molecule has 0 saturated heterocycles. The molecule has 0 atom stereocenters. The molecule has 13 nitrogen and oxygen atoms in total. The predicted molar refractivity (Wildman–Crippen MR) is 114 cm³/mol. The highest BCUT2D eigenvalue weighted by Crippen LogP contribution is 2.33. The average Bonchev–Trinajstić information content (AvgIpc) is 2.78. The van der Waals surface area contributed by atoms with E-state index < -0.39 is 21.4 Å². The third-order valence-corrected chi connectivity index (χ3v) is 4.20. The molecule has 1 heterocycles. The summed E-state index contributed by atoms with van der Waals surface area (Å²) in [4.78, 5) is 41.1. The molecule has 0 aliphatic carbocycles. The van der Waals surface area contributed by atoms with Crippen LogP contribution in [0.25, 0.3) is 0 Å². The molecule has 0 saturated carbocycles. The number of nitro benzene ring substituents is 1. The third kappa shape index (κ3) is 5.21. The van der Waals surface area contributed by atoms with Crippen LogP contribution in [0, 0.1) is 20.2 Å². The van der Waals surface area contributed by atoms with Crippen LogP contribution in [0.5, 0.6) is 5.75 Å². The molecule has 0 fully saturated rings. The number of anilines is 3. The van der Waals surface area contributed by atoms with Gasteiger partial charge in [0, 0.05) is 12.1 Å². The number of carbonyl (C=O) groups excluding carboxylic acids is 1. The molecule has 2 aromatic carbocycles. The Morgan fingerprint density at radius 1 is 1.00 bits per heavy atom. The lowest BCUT2D eigenvalue weighted by atomic mass is 10.1. The van der Waals surface area contributed by atoms with Gasteiger partial charge in [-0.3, -0.25) is 35.9 Å². The quantitative estimate of drug-likeness (QED) is 0.332. The van der Waals surface area contributed by atoms with Crippen molar-refractivity contribution in [1.29, 1.82) is 0 Å². The molecular formula is C19H17N7O6. The maximum Gasteiger partial charge on any atom is 0.355 e. The van der Waals surface area contributed by atoms with Crippen LogP contribution in [0.3, 0.4) is 0 Å². The second kappa shape index (κ2) is 9.80. The van der Waals surface area contributed by atoms with Gasteiger partial charge in [0.1, 0.15) is 12.1 Å². The lowest BCUT2D eigenvalue weighted by Crippen LogP contribution is -2.31. The summed E-state index contributed by atoms with van der Waals surface area (Å²) in [5, 5.41) is 25.2. The molecule has 1 aromatic heterocycles. The molecule has 0 spiro atoms. The number of nitrogens with one attached hydrogen (secondary N) is 3. The zero-order valence-corrected chi connectivity index (χ0v) is 16.6. The van der Waals surface area contributed by atoms with Crippen molar-refractivity contribution in [2.24, 2.45) is 0 Å². The number of para-hydroxylation sites is 2. The van der Waals surface area contributed by atoms with Crippen LogP contribution in [-0.2, 0) is 11.2 Å². The summed E-state index contributed by atoms with van der Waals surface area (Å²) >= 11 is 0. The minimum Gasteiger partial charge on any atom is -0.495 e.